The van der Waals surface area contributed by atoms with E-state index in [1.807, 2.05) is 42.3 Å². The Morgan fingerprint density at radius 1 is 1.32 bits per heavy atom. The summed E-state index contributed by atoms with van der Waals surface area (Å²) in [4.78, 5) is 15.4. The number of hydrogen-bond donors (Lipinski definition) is 1. The molecule has 2 aromatic rings. The van der Waals surface area contributed by atoms with Crippen molar-refractivity contribution in [1.29, 1.82) is 0 Å². The SMILES string of the molecule is COc1ccccc1CNC(=O)CN(C)C(C)c1cccs1. The summed E-state index contributed by atoms with van der Waals surface area (Å²) in [6.07, 6.45) is 0. The fourth-order valence-electron chi connectivity index (χ4n) is 2.21. The van der Waals surface area contributed by atoms with Crippen LogP contribution in [0.2, 0.25) is 0 Å². The maximum absolute atomic E-state index is 12.1. The molecule has 0 saturated carbocycles. The number of thiophene rings is 1. The van der Waals surface area contributed by atoms with Crippen LogP contribution in [0.1, 0.15) is 23.4 Å². The van der Waals surface area contributed by atoms with Crippen molar-refractivity contribution in [2.24, 2.45) is 0 Å². The number of hydrogen-bond acceptors (Lipinski definition) is 4. The van der Waals surface area contributed by atoms with Crippen molar-refractivity contribution in [3.05, 3.63) is 52.2 Å². The van der Waals surface area contributed by atoms with Gasteiger partial charge >= 0.3 is 0 Å². The van der Waals surface area contributed by atoms with Crippen molar-refractivity contribution in [2.45, 2.75) is 19.5 Å². The highest BCUT2D eigenvalue weighted by molar-refractivity contribution is 7.10. The third kappa shape index (κ3) is 4.32. The van der Waals surface area contributed by atoms with E-state index in [1.165, 1.54) is 4.88 Å². The Morgan fingerprint density at radius 2 is 2.09 bits per heavy atom. The molecular formula is C17H22N2O2S. The molecule has 0 spiro atoms. The predicted molar refractivity (Wildman–Crippen MR) is 90.2 cm³/mol. The third-order valence-electron chi connectivity index (χ3n) is 3.68. The smallest absolute Gasteiger partial charge is 0.234 e. The summed E-state index contributed by atoms with van der Waals surface area (Å²) in [6, 6.07) is 12.1. The number of carbonyl (C=O) groups excluding carboxylic acids is 1. The lowest BCUT2D eigenvalue weighted by molar-refractivity contribution is -0.122. The van der Waals surface area contributed by atoms with Crippen molar-refractivity contribution in [1.82, 2.24) is 10.2 Å². The van der Waals surface area contributed by atoms with Crippen LogP contribution in [0.25, 0.3) is 0 Å². The molecule has 0 bridgehead atoms. The van der Waals surface area contributed by atoms with Gasteiger partial charge < -0.3 is 10.1 Å². The predicted octanol–water partition coefficient (Wildman–Crippen LogP) is 3.07. The summed E-state index contributed by atoms with van der Waals surface area (Å²) in [7, 11) is 3.60. The zero-order valence-electron chi connectivity index (χ0n) is 13.2. The van der Waals surface area contributed by atoms with Gasteiger partial charge in [0.15, 0.2) is 0 Å². The minimum atomic E-state index is 0.0109. The van der Waals surface area contributed by atoms with E-state index >= 15 is 0 Å². The average Bonchev–Trinajstić information content (AvgIpc) is 3.06. The molecule has 1 unspecified atom stereocenters. The molecule has 0 radical (unpaired) electrons. The molecule has 0 fully saturated rings. The molecule has 22 heavy (non-hydrogen) atoms. The number of ether oxygens (including phenoxy) is 1. The van der Waals surface area contributed by atoms with Crippen LogP contribution in [0, 0.1) is 0 Å². The first-order valence-electron chi connectivity index (χ1n) is 7.24. The Bertz CT molecular complexity index is 598. The van der Waals surface area contributed by atoms with E-state index in [-0.39, 0.29) is 11.9 Å². The molecule has 1 aromatic heterocycles. The topological polar surface area (TPSA) is 41.6 Å². The van der Waals surface area contributed by atoms with E-state index in [0.29, 0.717) is 13.1 Å². The average molecular weight is 318 g/mol. The van der Waals surface area contributed by atoms with Crippen LogP contribution >= 0.6 is 11.3 Å². The second kappa shape index (κ2) is 7.96. The first kappa shape index (κ1) is 16.5. The number of para-hydroxylation sites is 1. The number of rotatable bonds is 7. The summed E-state index contributed by atoms with van der Waals surface area (Å²) < 4.78 is 5.29. The zero-order valence-corrected chi connectivity index (χ0v) is 14.0. The molecule has 1 atom stereocenters. The lowest BCUT2D eigenvalue weighted by atomic mass is 10.2. The van der Waals surface area contributed by atoms with Crippen molar-refractivity contribution in [2.75, 3.05) is 20.7 Å². The van der Waals surface area contributed by atoms with Crippen LogP contribution in [0.3, 0.4) is 0 Å². The summed E-state index contributed by atoms with van der Waals surface area (Å²) in [6.45, 7) is 2.96. The van der Waals surface area contributed by atoms with Gasteiger partial charge in [0.1, 0.15) is 5.75 Å². The molecule has 2 rings (SSSR count). The lowest BCUT2D eigenvalue weighted by Crippen LogP contribution is -2.36. The molecule has 1 heterocycles. The summed E-state index contributed by atoms with van der Waals surface area (Å²) in [5.41, 5.74) is 0.979. The normalized spacial score (nSPS) is 12.2. The highest BCUT2D eigenvalue weighted by Crippen LogP contribution is 2.23. The molecular weight excluding hydrogens is 296 g/mol. The van der Waals surface area contributed by atoms with Crippen LogP contribution in [-0.4, -0.2) is 31.5 Å². The standard InChI is InChI=1S/C17H22N2O2S/c1-13(16-9-6-10-22-16)19(2)12-17(20)18-11-14-7-4-5-8-15(14)21-3/h4-10,13H,11-12H2,1-3H3,(H,18,20). The Morgan fingerprint density at radius 3 is 2.77 bits per heavy atom. The Kier molecular flexibility index (Phi) is 5.98. The van der Waals surface area contributed by atoms with Gasteiger partial charge in [0.25, 0.3) is 0 Å². The van der Waals surface area contributed by atoms with Gasteiger partial charge in [0.2, 0.25) is 5.91 Å². The number of likely N-dealkylation sites (N-methyl/N-ethyl adjacent to an activating group) is 1. The molecule has 1 N–H and O–H groups in total. The summed E-state index contributed by atoms with van der Waals surface area (Å²) in [5, 5.41) is 5.00. The summed E-state index contributed by atoms with van der Waals surface area (Å²) in [5.74, 6) is 0.805. The first-order valence-corrected chi connectivity index (χ1v) is 8.12. The molecule has 118 valence electrons. The number of benzene rings is 1. The number of amides is 1. The summed E-state index contributed by atoms with van der Waals surface area (Å²) >= 11 is 1.71. The highest BCUT2D eigenvalue weighted by atomic mass is 32.1. The van der Waals surface area contributed by atoms with Gasteiger partial charge in [-0.1, -0.05) is 24.3 Å². The van der Waals surface area contributed by atoms with Crippen LogP contribution in [0.15, 0.2) is 41.8 Å². The Balaban J connectivity index is 1.85. The lowest BCUT2D eigenvalue weighted by Gasteiger charge is -2.23. The van der Waals surface area contributed by atoms with Crippen molar-refractivity contribution < 1.29 is 9.53 Å². The number of nitrogens with zero attached hydrogens (tertiary/aromatic N) is 1. The van der Waals surface area contributed by atoms with E-state index < -0.39 is 0 Å². The highest BCUT2D eigenvalue weighted by Gasteiger charge is 2.15. The third-order valence-corrected chi connectivity index (χ3v) is 4.72. The molecule has 0 aliphatic carbocycles. The molecule has 5 heteroatoms. The zero-order chi connectivity index (χ0) is 15.9. The van der Waals surface area contributed by atoms with Gasteiger partial charge in [-0.2, -0.15) is 0 Å². The molecule has 0 aliphatic heterocycles. The van der Waals surface area contributed by atoms with Crippen LogP contribution in [-0.2, 0) is 11.3 Å². The van der Waals surface area contributed by atoms with E-state index in [4.69, 9.17) is 4.74 Å². The van der Waals surface area contributed by atoms with Crippen molar-refractivity contribution in [3.63, 3.8) is 0 Å². The Hall–Kier alpha value is -1.85. The maximum atomic E-state index is 12.1. The Labute approximate surface area is 135 Å². The number of nitrogens with one attached hydrogen (secondary N) is 1. The first-order chi connectivity index (χ1) is 10.6. The molecule has 4 nitrogen and oxygen atoms in total. The maximum Gasteiger partial charge on any atom is 0.234 e. The van der Waals surface area contributed by atoms with Gasteiger partial charge in [-0.15, -0.1) is 11.3 Å². The number of methoxy groups -OCH3 is 1. The van der Waals surface area contributed by atoms with Gasteiger partial charge in [-0.25, -0.2) is 0 Å². The fraction of sp³-hybridized carbons (Fsp3) is 0.353. The second-order valence-corrected chi connectivity index (χ2v) is 6.17. The quantitative estimate of drug-likeness (QED) is 0.853. The largest absolute Gasteiger partial charge is 0.496 e. The van der Waals surface area contributed by atoms with Gasteiger partial charge in [-0.05, 0) is 31.5 Å². The van der Waals surface area contributed by atoms with Crippen molar-refractivity contribution in [3.8, 4) is 5.75 Å². The number of carbonyl (C=O) groups is 1. The van der Waals surface area contributed by atoms with Crippen LogP contribution in [0.4, 0.5) is 0 Å². The van der Waals surface area contributed by atoms with E-state index in [2.05, 4.69) is 23.7 Å². The van der Waals surface area contributed by atoms with Gasteiger partial charge in [-0.3, -0.25) is 9.69 Å². The van der Waals surface area contributed by atoms with E-state index in [0.717, 1.165) is 11.3 Å². The monoisotopic (exact) mass is 318 g/mol. The minimum Gasteiger partial charge on any atom is -0.496 e. The van der Waals surface area contributed by atoms with Crippen LogP contribution in [0.5, 0.6) is 5.75 Å². The molecule has 1 amide bonds. The molecule has 1 aromatic carbocycles. The molecule has 0 aliphatic rings. The second-order valence-electron chi connectivity index (χ2n) is 5.20. The van der Waals surface area contributed by atoms with E-state index in [9.17, 15) is 4.79 Å². The van der Waals surface area contributed by atoms with E-state index in [1.54, 1.807) is 18.4 Å². The van der Waals surface area contributed by atoms with Crippen molar-refractivity contribution >= 4 is 17.2 Å². The fourth-order valence-corrected chi connectivity index (χ4v) is 3.06. The van der Waals surface area contributed by atoms with Gasteiger partial charge in [0, 0.05) is 23.0 Å². The van der Waals surface area contributed by atoms with Crippen LogP contribution < -0.4 is 10.1 Å². The molecule has 0 saturated heterocycles. The van der Waals surface area contributed by atoms with Gasteiger partial charge in [0.05, 0.1) is 13.7 Å². The minimum absolute atomic E-state index is 0.0109.